The van der Waals surface area contributed by atoms with Crippen LogP contribution >= 0.6 is 0 Å². The first kappa shape index (κ1) is 17.7. The molecule has 0 N–H and O–H groups in total. The van der Waals surface area contributed by atoms with Crippen LogP contribution < -0.4 is 4.74 Å². The summed E-state index contributed by atoms with van der Waals surface area (Å²) in [5.41, 5.74) is 0.354. The lowest BCUT2D eigenvalue weighted by Crippen LogP contribution is -2.34. The molecule has 126 valence electrons. The summed E-state index contributed by atoms with van der Waals surface area (Å²) in [5, 5.41) is 10.6. The van der Waals surface area contributed by atoms with Crippen molar-refractivity contribution in [3.8, 4) is 11.9 Å². The van der Waals surface area contributed by atoms with Crippen LogP contribution in [-0.2, 0) is 0 Å². The molecule has 0 spiro atoms. The van der Waals surface area contributed by atoms with Crippen molar-refractivity contribution in [2.24, 2.45) is 5.92 Å². The van der Waals surface area contributed by atoms with E-state index in [0.717, 1.165) is 17.2 Å². The molecule has 0 fully saturated rings. The Hall–Kier alpha value is -2.61. The number of pyridine rings is 1. The summed E-state index contributed by atoms with van der Waals surface area (Å²) in [6.45, 7) is 5.27. The predicted molar refractivity (Wildman–Crippen MR) is 93.9 cm³/mol. The van der Waals surface area contributed by atoms with E-state index in [2.05, 4.69) is 24.9 Å². The summed E-state index contributed by atoms with van der Waals surface area (Å²) in [6, 6.07) is 11.6. The number of amides is 1. The minimum atomic E-state index is -0.157. The second-order valence-electron chi connectivity index (χ2n) is 6.12. The van der Waals surface area contributed by atoms with Crippen LogP contribution in [0.15, 0.2) is 30.3 Å². The van der Waals surface area contributed by atoms with E-state index in [0.29, 0.717) is 37.0 Å². The third-order valence-electron chi connectivity index (χ3n) is 3.87. The Morgan fingerprint density at radius 1 is 1.33 bits per heavy atom. The van der Waals surface area contributed by atoms with Gasteiger partial charge in [-0.3, -0.25) is 4.79 Å². The number of methoxy groups -OCH3 is 1. The van der Waals surface area contributed by atoms with Gasteiger partial charge in [-0.15, -0.1) is 0 Å². The maximum absolute atomic E-state index is 12.9. The van der Waals surface area contributed by atoms with Crippen LogP contribution in [-0.4, -0.2) is 36.0 Å². The van der Waals surface area contributed by atoms with Gasteiger partial charge in [0.2, 0.25) is 5.88 Å². The van der Waals surface area contributed by atoms with Crippen molar-refractivity contribution in [3.05, 3.63) is 36.0 Å². The number of carbonyl (C=O) groups is 1. The highest BCUT2D eigenvalue weighted by atomic mass is 16.5. The molecule has 0 radical (unpaired) electrons. The maximum atomic E-state index is 12.9. The van der Waals surface area contributed by atoms with Crippen molar-refractivity contribution < 1.29 is 9.53 Å². The molecule has 0 bridgehead atoms. The van der Waals surface area contributed by atoms with Crippen LogP contribution in [0.25, 0.3) is 10.8 Å². The Morgan fingerprint density at radius 3 is 2.75 bits per heavy atom. The zero-order chi connectivity index (χ0) is 17.5. The van der Waals surface area contributed by atoms with E-state index in [4.69, 9.17) is 10.00 Å². The summed E-state index contributed by atoms with van der Waals surface area (Å²) >= 11 is 0. The molecule has 0 saturated heterocycles. The van der Waals surface area contributed by atoms with Gasteiger partial charge in [0.1, 0.15) is 5.69 Å². The molecular weight excluding hydrogens is 302 g/mol. The van der Waals surface area contributed by atoms with Gasteiger partial charge in [0.05, 0.1) is 19.6 Å². The standard InChI is InChI=1S/C19H23N3O2/c1-14(2)9-12-22(11-6-10-20)19(23)17-13-15-7-4-5-8-16(15)18(21-17)24-3/h4-5,7-8,13-14H,6,9,11-12H2,1-3H3. The zero-order valence-electron chi connectivity index (χ0n) is 14.5. The fourth-order valence-electron chi connectivity index (χ4n) is 2.51. The van der Waals surface area contributed by atoms with Crippen LogP contribution in [0.4, 0.5) is 0 Å². The molecule has 5 nitrogen and oxygen atoms in total. The number of nitriles is 1. The minimum absolute atomic E-state index is 0.157. The molecule has 1 aromatic heterocycles. The lowest BCUT2D eigenvalue weighted by Gasteiger charge is -2.22. The minimum Gasteiger partial charge on any atom is -0.481 e. The summed E-state index contributed by atoms with van der Waals surface area (Å²) < 4.78 is 5.34. The van der Waals surface area contributed by atoms with E-state index in [9.17, 15) is 4.79 Å². The largest absolute Gasteiger partial charge is 0.481 e. The normalized spacial score (nSPS) is 10.6. The second kappa shape index (κ2) is 8.30. The van der Waals surface area contributed by atoms with E-state index in [1.165, 1.54) is 0 Å². The van der Waals surface area contributed by atoms with Crippen molar-refractivity contribution in [3.63, 3.8) is 0 Å². The molecule has 24 heavy (non-hydrogen) atoms. The Kier molecular flexibility index (Phi) is 6.14. The number of hydrogen-bond donors (Lipinski definition) is 0. The number of fused-ring (bicyclic) bond motifs is 1. The van der Waals surface area contributed by atoms with Crippen LogP contribution in [0.3, 0.4) is 0 Å². The summed E-state index contributed by atoms with van der Waals surface area (Å²) in [6.07, 6.45) is 1.20. The molecule has 0 atom stereocenters. The number of hydrogen-bond acceptors (Lipinski definition) is 4. The first-order valence-corrected chi connectivity index (χ1v) is 8.16. The van der Waals surface area contributed by atoms with Gasteiger partial charge in [-0.1, -0.05) is 32.0 Å². The van der Waals surface area contributed by atoms with Gasteiger partial charge < -0.3 is 9.64 Å². The van der Waals surface area contributed by atoms with E-state index in [1.807, 2.05) is 24.3 Å². The van der Waals surface area contributed by atoms with Gasteiger partial charge in [-0.25, -0.2) is 4.98 Å². The number of ether oxygens (including phenoxy) is 1. The number of rotatable bonds is 7. The zero-order valence-corrected chi connectivity index (χ0v) is 14.5. The van der Waals surface area contributed by atoms with Crippen LogP contribution in [0.5, 0.6) is 5.88 Å². The van der Waals surface area contributed by atoms with E-state index < -0.39 is 0 Å². The molecular formula is C19H23N3O2. The number of nitrogens with zero attached hydrogens (tertiary/aromatic N) is 3. The predicted octanol–water partition coefficient (Wildman–Crippen LogP) is 3.65. The smallest absolute Gasteiger partial charge is 0.272 e. The van der Waals surface area contributed by atoms with Crippen LogP contribution in [0.2, 0.25) is 0 Å². The highest BCUT2D eigenvalue weighted by Gasteiger charge is 2.19. The van der Waals surface area contributed by atoms with Gasteiger partial charge in [0.25, 0.3) is 5.91 Å². The van der Waals surface area contributed by atoms with Crippen molar-refractivity contribution in [2.75, 3.05) is 20.2 Å². The molecule has 0 aliphatic rings. The summed E-state index contributed by atoms with van der Waals surface area (Å²) in [7, 11) is 1.55. The molecule has 1 heterocycles. The average molecular weight is 325 g/mol. The van der Waals surface area contributed by atoms with Crippen LogP contribution in [0.1, 0.15) is 37.2 Å². The van der Waals surface area contributed by atoms with Gasteiger partial charge in [-0.2, -0.15) is 5.26 Å². The van der Waals surface area contributed by atoms with Crippen molar-refractivity contribution in [1.82, 2.24) is 9.88 Å². The molecule has 0 aliphatic heterocycles. The number of aromatic nitrogens is 1. The van der Waals surface area contributed by atoms with E-state index >= 15 is 0 Å². The highest BCUT2D eigenvalue weighted by molar-refractivity contribution is 5.98. The molecule has 0 saturated carbocycles. The number of carbonyl (C=O) groups excluding carboxylic acids is 1. The van der Waals surface area contributed by atoms with Gasteiger partial charge >= 0.3 is 0 Å². The molecule has 1 amide bonds. The molecule has 2 rings (SSSR count). The second-order valence-corrected chi connectivity index (χ2v) is 6.12. The Morgan fingerprint density at radius 2 is 2.08 bits per heavy atom. The first-order chi connectivity index (χ1) is 11.6. The summed E-state index contributed by atoms with van der Waals surface area (Å²) in [4.78, 5) is 19.0. The quantitative estimate of drug-likeness (QED) is 0.779. The Bertz CT molecular complexity index is 750. The van der Waals surface area contributed by atoms with Gasteiger partial charge in [0.15, 0.2) is 0 Å². The monoisotopic (exact) mass is 325 g/mol. The molecule has 0 aliphatic carbocycles. The van der Waals surface area contributed by atoms with Crippen LogP contribution in [0, 0.1) is 17.2 Å². The number of benzene rings is 1. The lowest BCUT2D eigenvalue weighted by atomic mass is 10.1. The fourth-order valence-corrected chi connectivity index (χ4v) is 2.51. The SMILES string of the molecule is COc1nc(C(=O)N(CCC#N)CCC(C)C)cc2ccccc12. The van der Waals surface area contributed by atoms with Gasteiger partial charge in [0, 0.05) is 18.5 Å². The molecule has 2 aromatic rings. The molecule has 5 heteroatoms. The Labute approximate surface area is 142 Å². The lowest BCUT2D eigenvalue weighted by molar-refractivity contribution is 0.0745. The summed E-state index contributed by atoms with van der Waals surface area (Å²) in [5.74, 6) is 0.775. The highest BCUT2D eigenvalue weighted by Crippen LogP contribution is 2.24. The first-order valence-electron chi connectivity index (χ1n) is 8.16. The van der Waals surface area contributed by atoms with Crippen molar-refractivity contribution >= 4 is 16.7 Å². The molecule has 1 aromatic carbocycles. The Balaban J connectivity index is 2.34. The third-order valence-corrected chi connectivity index (χ3v) is 3.87. The molecule has 0 unspecified atom stereocenters. The topological polar surface area (TPSA) is 66.2 Å². The maximum Gasteiger partial charge on any atom is 0.272 e. The van der Waals surface area contributed by atoms with E-state index in [-0.39, 0.29) is 5.91 Å². The van der Waals surface area contributed by atoms with Crippen molar-refractivity contribution in [2.45, 2.75) is 26.7 Å². The average Bonchev–Trinajstić information content (AvgIpc) is 2.60. The van der Waals surface area contributed by atoms with Crippen molar-refractivity contribution in [1.29, 1.82) is 5.26 Å². The fraction of sp³-hybridized carbons (Fsp3) is 0.421. The third kappa shape index (κ3) is 4.23. The van der Waals surface area contributed by atoms with Gasteiger partial charge in [-0.05, 0) is 29.9 Å². The van der Waals surface area contributed by atoms with E-state index in [1.54, 1.807) is 18.1 Å².